The highest BCUT2D eigenvalue weighted by atomic mass is 19.1. The molecule has 110 valence electrons. The van der Waals surface area contributed by atoms with Crippen LogP contribution in [0.15, 0.2) is 24.3 Å². The summed E-state index contributed by atoms with van der Waals surface area (Å²) in [7, 11) is 0. The van der Waals surface area contributed by atoms with Gasteiger partial charge < -0.3 is 11.1 Å². The van der Waals surface area contributed by atoms with Gasteiger partial charge in [-0.3, -0.25) is 9.69 Å². The summed E-state index contributed by atoms with van der Waals surface area (Å²) in [6.07, 6.45) is 1.95. The van der Waals surface area contributed by atoms with Crippen molar-refractivity contribution in [1.29, 1.82) is 0 Å². The van der Waals surface area contributed by atoms with Crippen LogP contribution < -0.4 is 11.1 Å². The molecule has 0 saturated carbocycles. The Kier molecular flexibility index (Phi) is 5.09. The van der Waals surface area contributed by atoms with Gasteiger partial charge in [0.15, 0.2) is 0 Å². The number of likely N-dealkylation sites (tertiary alicyclic amines) is 1. The van der Waals surface area contributed by atoms with Crippen LogP contribution in [0.25, 0.3) is 0 Å². The van der Waals surface area contributed by atoms with E-state index < -0.39 is 0 Å². The van der Waals surface area contributed by atoms with Crippen molar-refractivity contribution in [2.24, 2.45) is 11.7 Å². The summed E-state index contributed by atoms with van der Waals surface area (Å²) in [5.74, 6) is -0.00978. The van der Waals surface area contributed by atoms with Crippen molar-refractivity contribution in [3.63, 3.8) is 0 Å². The molecule has 1 aliphatic rings. The fourth-order valence-corrected chi connectivity index (χ4v) is 2.67. The normalized spacial score (nSPS) is 23.6. The lowest BCUT2D eigenvalue weighted by Crippen LogP contribution is -2.48. The standard InChI is InChI=1S/C15H22FN3O/c1-2-11-9-19(7-6-14(11)17)10-15(20)18-13-5-3-4-12(16)8-13/h3-5,8,11,14H,2,6-7,9-10,17H2,1H3,(H,18,20). The zero-order chi connectivity index (χ0) is 14.5. The summed E-state index contributed by atoms with van der Waals surface area (Å²) in [6.45, 7) is 4.16. The van der Waals surface area contributed by atoms with E-state index in [-0.39, 0.29) is 17.8 Å². The second kappa shape index (κ2) is 6.81. The average molecular weight is 279 g/mol. The van der Waals surface area contributed by atoms with Crippen molar-refractivity contribution in [2.75, 3.05) is 25.0 Å². The van der Waals surface area contributed by atoms with E-state index in [1.54, 1.807) is 12.1 Å². The third-order valence-corrected chi connectivity index (χ3v) is 3.88. The molecule has 20 heavy (non-hydrogen) atoms. The number of nitrogens with zero attached hydrogens (tertiary/aromatic N) is 1. The number of nitrogens with two attached hydrogens (primary N) is 1. The van der Waals surface area contributed by atoms with E-state index in [0.29, 0.717) is 18.2 Å². The summed E-state index contributed by atoms with van der Waals surface area (Å²) >= 11 is 0. The van der Waals surface area contributed by atoms with E-state index >= 15 is 0 Å². The Morgan fingerprint density at radius 1 is 1.55 bits per heavy atom. The van der Waals surface area contributed by atoms with Crippen LogP contribution in [0.2, 0.25) is 0 Å². The molecular weight excluding hydrogens is 257 g/mol. The SMILES string of the molecule is CCC1CN(CC(=O)Nc2cccc(F)c2)CCC1N. The summed E-state index contributed by atoms with van der Waals surface area (Å²) in [6, 6.07) is 6.18. The number of amides is 1. The molecule has 2 unspecified atom stereocenters. The van der Waals surface area contributed by atoms with Gasteiger partial charge in [-0.1, -0.05) is 19.4 Å². The van der Waals surface area contributed by atoms with Crippen molar-refractivity contribution in [3.8, 4) is 0 Å². The Balaban J connectivity index is 1.85. The van der Waals surface area contributed by atoms with Gasteiger partial charge in [0, 0.05) is 24.8 Å². The van der Waals surface area contributed by atoms with Crippen LogP contribution in [0.3, 0.4) is 0 Å². The zero-order valence-electron chi connectivity index (χ0n) is 11.8. The van der Waals surface area contributed by atoms with Crippen molar-refractivity contribution in [2.45, 2.75) is 25.8 Å². The molecule has 1 amide bonds. The first-order valence-electron chi connectivity index (χ1n) is 7.12. The molecule has 3 N–H and O–H groups in total. The molecular formula is C15H22FN3O. The van der Waals surface area contributed by atoms with E-state index in [0.717, 1.165) is 25.9 Å². The second-order valence-electron chi connectivity index (χ2n) is 5.41. The summed E-state index contributed by atoms with van der Waals surface area (Å²) in [5.41, 5.74) is 6.55. The number of carbonyl (C=O) groups is 1. The maximum atomic E-state index is 13.0. The third-order valence-electron chi connectivity index (χ3n) is 3.88. The molecule has 2 atom stereocenters. The average Bonchev–Trinajstić information content (AvgIpc) is 2.41. The van der Waals surface area contributed by atoms with E-state index in [1.807, 2.05) is 0 Å². The first kappa shape index (κ1) is 14.9. The molecule has 0 spiro atoms. The van der Waals surface area contributed by atoms with E-state index in [2.05, 4.69) is 17.1 Å². The quantitative estimate of drug-likeness (QED) is 0.884. The van der Waals surface area contributed by atoms with Gasteiger partial charge in [0.05, 0.1) is 6.54 Å². The van der Waals surface area contributed by atoms with Crippen LogP contribution >= 0.6 is 0 Å². The number of hydrogen-bond acceptors (Lipinski definition) is 3. The molecule has 1 aliphatic heterocycles. The largest absolute Gasteiger partial charge is 0.327 e. The molecule has 5 heteroatoms. The fraction of sp³-hybridized carbons (Fsp3) is 0.533. The Hall–Kier alpha value is -1.46. The van der Waals surface area contributed by atoms with Crippen LogP contribution in [-0.4, -0.2) is 36.5 Å². The van der Waals surface area contributed by atoms with Gasteiger partial charge in [-0.2, -0.15) is 0 Å². The molecule has 0 bridgehead atoms. The minimum atomic E-state index is -0.349. The topological polar surface area (TPSA) is 58.4 Å². The van der Waals surface area contributed by atoms with Crippen molar-refractivity contribution in [1.82, 2.24) is 4.90 Å². The van der Waals surface area contributed by atoms with Gasteiger partial charge >= 0.3 is 0 Å². The highest BCUT2D eigenvalue weighted by molar-refractivity contribution is 5.92. The lowest BCUT2D eigenvalue weighted by molar-refractivity contribution is -0.117. The Morgan fingerprint density at radius 3 is 3.05 bits per heavy atom. The summed E-state index contributed by atoms with van der Waals surface area (Å²) < 4.78 is 13.0. The van der Waals surface area contributed by atoms with E-state index in [1.165, 1.54) is 12.1 Å². The molecule has 0 aromatic heterocycles. The monoisotopic (exact) mass is 279 g/mol. The first-order valence-corrected chi connectivity index (χ1v) is 7.12. The predicted molar refractivity (Wildman–Crippen MR) is 77.8 cm³/mol. The number of piperidine rings is 1. The molecule has 0 radical (unpaired) electrons. The maximum absolute atomic E-state index is 13.0. The highest BCUT2D eigenvalue weighted by Crippen LogP contribution is 2.18. The lowest BCUT2D eigenvalue weighted by Gasteiger charge is -2.36. The van der Waals surface area contributed by atoms with Gasteiger partial charge in [0.25, 0.3) is 0 Å². The number of halogens is 1. The Labute approximate surface area is 119 Å². The number of anilines is 1. The number of carbonyl (C=O) groups excluding carboxylic acids is 1. The predicted octanol–water partition coefficient (Wildman–Crippen LogP) is 1.82. The van der Waals surface area contributed by atoms with E-state index in [4.69, 9.17) is 5.73 Å². The van der Waals surface area contributed by atoms with Crippen LogP contribution in [0.1, 0.15) is 19.8 Å². The maximum Gasteiger partial charge on any atom is 0.238 e. The van der Waals surface area contributed by atoms with Crippen molar-refractivity contribution >= 4 is 11.6 Å². The molecule has 4 nitrogen and oxygen atoms in total. The molecule has 1 aromatic carbocycles. The molecule has 0 aliphatic carbocycles. The van der Waals surface area contributed by atoms with Crippen molar-refractivity contribution in [3.05, 3.63) is 30.1 Å². The molecule has 2 rings (SSSR count). The zero-order valence-corrected chi connectivity index (χ0v) is 11.8. The Bertz CT molecular complexity index is 466. The van der Waals surface area contributed by atoms with Crippen LogP contribution in [0.5, 0.6) is 0 Å². The van der Waals surface area contributed by atoms with Crippen LogP contribution in [0.4, 0.5) is 10.1 Å². The second-order valence-corrected chi connectivity index (χ2v) is 5.41. The van der Waals surface area contributed by atoms with Crippen LogP contribution in [-0.2, 0) is 4.79 Å². The minimum Gasteiger partial charge on any atom is -0.327 e. The van der Waals surface area contributed by atoms with Gasteiger partial charge in [-0.25, -0.2) is 4.39 Å². The third kappa shape index (κ3) is 4.02. The van der Waals surface area contributed by atoms with Crippen LogP contribution in [0, 0.1) is 11.7 Å². The Morgan fingerprint density at radius 2 is 2.35 bits per heavy atom. The lowest BCUT2D eigenvalue weighted by atomic mass is 9.91. The molecule has 1 fully saturated rings. The number of benzene rings is 1. The minimum absolute atomic E-state index is 0.110. The molecule has 1 saturated heterocycles. The first-order chi connectivity index (χ1) is 9.58. The van der Waals surface area contributed by atoms with E-state index in [9.17, 15) is 9.18 Å². The molecule has 1 aromatic rings. The molecule has 1 heterocycles. The number of nitrogens with one attached hydrogen (secondary N) is 1. The van der Waals surface area contributed by atoms with Gasteiger partial charge in [0.2, 0.25) is 5.91 Å². The highest BCUT2D eigenvalue weighted by Gasteiger charge is 2.26. The smallest absolute Gasteiger partial charge is 0.238 e. The summed E-state index contributed by atoms with van der Waals surface area (Å²) in [5, 5.41) is 2.72. The van der Waals surface area contributed by atoms with Gasteiger partial charge in [0.1, 0.15) is 5.82 Å². The number of hydrogen-bond donors (Lipinski definition) is 2. The summed E-state index contributed by atoms with van der Waals surface area (Å²) in [4.78, 5) is 14.1. The van der Waals surface area contributed by atoms with Crippen molar-refractivity contribution < 1.29 is 9.18 Å². The number of rotatable bonds is 4. The van der Waals surface area contributed by atoms with Gasteiger partial charge in [-0.15, -0.1) is 0 Å². The fourth-order valence-electron chi connectivity index (χ4n) is 2.67. The van der Waals surface area contributed by atoms with Gasteiger partial charge in [-0.05, 0) is 30.5 Å².